The van der Waals surface area contributed by atoms with Crippen molar-refractivity contribution in [2.24, 2.45) is 5.92 Å². The summed E-state index contributed by atoms with van der Waals surface area (Å²) >= 11 is 0. The maximum Gasteiger partial charge on any atom is 0.312 e. The van der Waals surface area contributed by atoms with Gasteiger partial charge in [-0.25, -0.2) is 4.98 Å². The van der Waals surface area contributed by atoms with Gasteiger partial charge in [0.2, 0.25) is 5.91 Å². The molecule has 3 heterocycles. The zero-order chi connectivity index (χ0) is 38.4. The molecule has 0 unspecified atom stereocenters. The molecule has 1 fully saturated rings. The number of carbonyl (C=O) groups is 2. The Bertz CT molecular complexity index is 1460. The number of nitrogens with one attached hydrogen (secondary N) is 1. The average molecular weight is 744 g/mol. The minimum atomic E-state index is -2.39. The van der Waals surface area contributed by atoms with Gasteiger partial charge in [-0.2, -0.15) is 14.4 Å². The van der Waals surface area contributed by atoms with Gasteiger partial charge in [0.05, 0.1) is 18.3 Å². The van der Waals surface area contributed by atoms with Gasteiger partial charge in [0, 0.05) is 12.8 Å². The Morgan fingerprint density at radius 2 is 1.62 bits per heavy atom. The largest absolute Gasteiger partial charge is 0.461 e. The number of terminal acetylenes is 1. The van der Waals surface area contributed by atoms with Crippen molar-refractivity contribution in [3.63, 3.8) is 0 Å². The summed E-state index contributed by atoms with van der Waals surface area (Å²) in [5.74, 6) is 2.04. The van der Waals surface area contributed by atoms with E-state index in [4.69, 9.17) is 20.3 Å². The van der Waals surface area contributed by atoms with E-state index in [0.717, 1.165) is 44.9 Å². The van der Waals surface area contributed by atoms with E-state index in [-0.39, 0.29) is 46.4 Å². The van der Waals surface area contributed by atoms with Crippen LogP contribution < -0.4 is 5.32 Å². The van der Waals surface area contributed by atoms with Gasteiger partial charge in [0.15, 0.2) is 30.9 Å². The number of esters is 1. The third-order valence-corrected chi connectivity index (χ3v) is 15.3. The zero-order valence-electron chi connectivity index (χ0n) is 33.3. The molecule has 0 bridgehead atoms. The zero-order valence-corrected chi connectivity index (χ0v) is 34.3. The number of hydrogen-bond acceptors (Lipinski definition) is 8. The van der Waals surface area contributed by atoms with Gasteiger partial charge in [0.1, 0.15) is 12.8 Å². The van der Waals surface area contributed by atoms with Crippen LogP contribution in [-0.4, -0.2) is 58.0 Å². The average Bonchev–Trinajstić information content (AvgIpc) is 3.66. The van der Waals surface area contributed by atoms with Crippen molar-refractivity contribution in [2.75, 3.05) is 11.9 Å². The predicted molar refractivity (Wildman–Crippen MR) is 208 cm³/mol. The molecule has 10 nitrogen and oxygen atoms in total. The van der Waals surface area contributed by atoms with Gasteiger partial charge in [0.25, 0.3) is 0 Å². The van der Waals surface area contributed by atoms with Crippen molar-refractivity contribution < 1.29 is 27.9 Å². The molecule has 3 rings (SSSR count). The van der Waals surface area contributed by atoms with Crippen molar-refractivity contribution in [1.29, 1.82) is 0 Å². The molecule has 3 atom stereocenters. The quantitative estimate of drug-likeness (QED) is 0.0393. The van der Waals surface area contributed by atoms with Crippen molar-refractivity contribution in [3.8, 4) is 12.3 Å². The molecular formula is C40H66FN5O5Si. The highest BCUT2D eigenvalue weighted by atomic mass is 28.4. The van der Waals surface area contributed by atoms with Gasteiger partial charge in [-0.3, -0.25) is 14.2 Å². The fourth-order valence-corrected chi connectivity index (χ4v) is 7.94. The molecule has 12 heteroatoms. The summed E-state index contributed by atoms with van der Waals surface area (Å²) in [5, 5.41) is 2.63. The summed E-state index contributed by atoms with van der Waals surface area (Å²) in [6.07, 6.45) is 22.2. The first-order valence-corrected chi connectivity index (χ1v) is 22.8. The number of anilines is 1. The lowest BCUT2D eigenvalue weighted by atomic mass is 9.97. The topological polar surface area (TPSA) is 117 Å². The minimum Gasteiger partial charge on any atom is -0.461 e. The Hall–Kier alpha value is -2.88. The van der Waals surface area contributed by atoms with E-state index in [1.54, 1.807) is 4.57 Å². The van der Waals surface area contributed by atoms with E-state index < -0.39 is 32.3 Å². The number of fused-ring (bicyclic) bond motifs is 1. The van der Waals surface area contributed by atoms with Crippen LogP contribution >= 0.6 is 0 Å². The molecule has 52 heavy (non-hydrogen) atoms. The van der Waals surface area contributed by atoms with Crippen LogP contribution in [0.4, 0.5) is 10.2 Å². The predicted octanol–water partition coefficient (Wildman–Crippen LogP) is 10.0. The number of amides is 1. The molecule has 1 aliphatic heterocycles. The second-order valence-corrected chi connectivity index (χ2v) is 20.8. The van der Waals surface area contributed by atoms with E-state index in [9.17, 15) is 14.0 Å². The van der Waals surface area contributed by atoms with Crippen molar-refractivity contribution >= 4 is 37.2 Å². The SMILES string of the molecule is C#C[C@]1(COC(=O)C(CCC)CCC)O[C@@H](n2cnc3c(NC(=O)CCCCCCCCCCCCC)nc(F)nc32)C[C@@H]1O[Si](C)(C)C(C)(C)C. The maximum atomic E-state index is 14.9. The van der Waals surface area contributed by atoms with E-state index in [1.165, 1.54) is 57.7 Å². The number of rotatable bonds is 23. The highest BCUT2D eigenvalue weighted by Gasteiger charge is 2.54. The summed E-state index contributed by atoms with van der Waals surface area (Å²) in [7, 11) is -2.39. The molecule has 2 aromatic heterocycles. The lowest BCUT2D eigenvalue weighted by Gasteiger charge is -2.41. The van der Waals surface area contributed by atoms with Gasteiger partial charge in [-0.15, -0.1) is 6.42 Å². The van der Waals surface area contributed by atoms with Crippen molar-refractivity contribution in [2.45, 2.75) is 187 Å². The van der Waals surface area contributed by atoms with Gasteiger partial charge in [-0.1, -0.05) is 125 Å². The van der Waals surface area contributed by atoms with Crippen LogP contribution in [0, 0.1) is 24.3 Å². The number of halogens is 1. The summed E-state index contributed by atoms with van der Waals surface area (Å²) in [6.45, 7) is 16.8. The minimum absolute atomic E-state index is 0.0106. The molecule has 1 saturated heterocycles. The molecule has 0 aromatic carbocycles. The first-order chi connectivity index (χ1) is 24.7. The second kappa shape index (κ2) is 20.5. The smallest absolute Gasteiger partial charge is 0.312 e. The van der Waals surface area contributed by atoms with E-state index in [2.05, 4.69) is 67.0 Å². The Balaban J connectivity index is 1.73. The number of imidazole rings is 1. The summed E-state index contributed by atoms with van der Waals surface area (Å²) in [5.41, 5.74) is -0.998. The van der Waals surface area contributed by atoms with Crippen LogP contribution in [0.1, 0.15) is 157 Å². The number of hydrogen-bond donors (Lipinski definition) is 1. The van der Waals surface area contributed by atoms with E-state index >= 15 is 0 Å². The Morgan fingerprint density at radius 1 is 1.02 bits per heavy atom. The van der Waals surface area contributed by atoms with Crippen LogP contribution in [0.25, 0.3) is 11.2 Å². The molecule has 292 valence electrons. The fraction of sp³-hybridized carbons (Fsp3) is 0.775. The number of unbranched alkanes of at least 4 members (excludes halogenated alkanes) is 10. The lowest BCUT2D eigenvalue weighted by Crippen LogP contribution is -2.52. The van der Waals surface area contributed by atoms with Crippen LogP contribution in [0.15, 0.2) is 6.33 Å². The Kier molecular flexibility index (Phi) is 17.2. The summed E-state index contributed by atoms with van der Waals surface area (Å²) in [6, 6.07) is 0. The van der Waals surface area contributed by atoms with Gasteiger partial charge in [-0.05, 0) is 37.4 Å². The molecular weight excluding hydrogens is 678 g/mol. The summed E-state index contributed by atoms with van der Waals surface area (Å²) in [4.78, 5) is 38.5. The molecule has 1 N–H and O–H groups in total. The number of ether oxygens (including phenoxy) is 2. The van der Waals surface area contributed by atoms with Crippen molar-refractivity contribution in [1.82, 2.24) is 19.5 Å². The molecule has 1 amide bonds. The molecule has 0 aliphatic carbocycles. The van der Waals surface area contributed by atoms with Crippen LogP contribution in [0.5, 0.6) is 0 Å². The van der Waals surface area contributed by atoms with Crippen LogP contribution in [0.3, 0.4) is 0 Å². The third-order valence-electron chi connectivity index (χ3n) is 10.8. The fourth-order valence-electron chi connectivity index (χ4n) is 6.59. The van der Waals surface area contributed by atoms with E-state index in [0.29, 0.717) is 12.8 Å². The number of nitrogens with zero attached hydrogens (tertiary/aromatic N) is 4. The monoisotopic (exact) mass is 743 g/mol. The highest BCUT2D eigenvalue weighted by molar-refractivity contribution is 6.74. The normalized spacial score (nSPS) is 19.3. The van der Waals surface area contributed by atoms with Gasteiger partial charge < -0.3 is 19.2 Å². The summed E-state index contributed by atoms with van der Waals surface area (Å²) < 4.78 is 35.9. The van der Waals surface area contributed by atoms with Crippen LogP contribution in [-0.2, 0) is 23.5 Å². The first kappa shape index (κ1) is 43.5. The molecule has 0 saturated carbocycles. The van der Waals surface area contributed by atoms with Crippen LogP contribution in [0.2, 0.25) is 18.1 Å². The molecule has 2 aromatic rings. The number of carbonyl (C=O) groups excluding carboxylic acids is 2. The van der Waals surface area contributed by atoms with Crippen molar-refractivity contribution in [3.05, 3.63) is 12.4 Å². The van der Waals surface area contributed by atoms with Gasteiger partial charge >= 0.3 is 12.0 Å². The first-order valence-electron chi connectivity index (χ1n) is 19.9. The maximum absolute atomic E-state index is 14.9. The number of aromatic nitrogens is 4. The van der Waals surface area contributed by atoms with E-state index in [1.807, 2.05) is 13.8 Å². The molecule has 0 radical (unpaired) electrons. The highest BCUT2D eigenvalue weighted by Crippen LogP contribution is 2.45. The second-order valence-electron chi connectivity index (χ2n) is 16.1. The lowest BCUT2D eigenvalue weighted by molar-refractivity contribution is -0.161. The molecule has 0 spiro atoms. The molecule has 1 aliphatic rings. The Morgan fingerprint density at radius 3 is 2.17 bits per heavy atom. The Labute approximate surface area is 313 Å². The third kappa shape index (κ3) is 12.1. The standard InChI is InChI=1S/C40H66FN5O5Si/c1-10-14-15-16-17-18-19-20-21-22-23-26-32(47)43-35-34-36(45-38(41)44-35)46(29-42-34)33-27-31(51-52(8,9)39(5,6)7)40(13-4,50-33)28-49-37(48)30(24-11-2)25-12-3/h4,29-31,33H,10-12,14-28H2,1-3,5-9H3,(H,43,44,45,47)/t31-,33+,40+/m0/s1.